The molecule has 1 saturated heterocycles. The SMILES string of the molecule is CNC(=O)c1ccccc1OCC(O)CN(Cc1ccc(F)cc1)C1CCNCC1. The summed E-state index contributed by atoms with van der Waals surface area (Å²) in [5.41, 5.74) is 1.45. The first-order valence-corrected chi connectivity index (χ1v) is 10.4. The van der Waals surface area contributed by atoms with E-state index >= 15 is 0 Å². The topological polar surface area (TPSA) is 73.8 Å². The number of benzene rings is 2. The Morgan fingerprint density at radius 3 is 2.63 bits per heavy atom. The second kappa shape index (κ2) is 11.1. The van der Waals surface area contributed by atoms with E-state index in [1.807, 2.05) is 0 Å². The van der Waals surface area contributed by atoms with Crippen LogP contribution in [0.4, 0.5) is 4.39 Å². The number of amides is 1. The molecule has 1 aliphatic rings. The Hall–Kier alpha value is -2.48. The fourth-order valence-electron chi connectivity index (χ4n) is 3.76. The van der Waals surface area contributed by atoms with Gasteiger partial charge in [-0.05, 0) is 55.8 Å². The van der Waals surface area contributed by atoms with Gasteiger partial charge in [-0.15, -0.1) is 0 Å². The Labute approximate surface area is 177 Å². The maximum absolute atomic E-state index is 13.3. The lowest BCUT2D eigenvalue weighted by Crippen LogP contribution is -2.46. The zero-order valence-electron chi connectivity index (χ0n) is 17.3. The van der Waals surface area contributed by atoms with Gasteiger partial charge in [-0.25, -0.2) is 4.39 Å². The Morgan fingerprint density at radius 2 is 1.93 bits per heavy atom. The van der Waals surface area contributed by atoms with Crippen molar-refractivity contribution in [3.8, 4) is 5.75 Å². The molecule has 1 fully saturated rings. The molecule has 1 heterocycles. The van der Waals surface area contributed by atoms with Gasteiger partial charge in [0.1, 0.15) is 24.3 Å². The molecule has 0 spiro atoms. The van der Waals surface area contributed by atoms with Gasteiger partial charge >= 0.3 is 0 Å². The molecule has 0 aromatic heterocycles. The average Bonchev–Trinajstić information content (AvgIpc) is 2.79. The molecule has 3 rings (SSSR count). The maximum Gasteiger partial charge on any atom is 0.254 e. The van der Waals surface area contributed by atoms with E-state index in [0.717, 1.165) is 31.5 Å². The van der Waals surface area contributed by atoms with Crippen molar-refractivity contribution in [1.82, 2.24) is 15.5 Å². The smallest absolute Gasteiger partial charge is 0.254 e. The largest absolute Gasteiger partial charge is 0.490 e. The van der Waals surface area contributed by atoms with Gasteiger partial charge in [0.05, 0.1) is 5.56 Å². The monoisotopic (exact) mass is 415 g/mol. The number of hydrogen-bond acceptors (Lipinski definition) is 5. The van der Waals surface area contributed by atoms with Crippen LogP contribution < -0.4 is 15.4 Å². The lowest BCUT2D eigenvalue weighted by atomic mass is 10.0. The van der Waals surface area contributed by atoms with Crippen molar-refractivity contribution >= 4 is 5.91 Å². The third kappa shape index (κ3) is 6.26. The molecule has 30 heavy (non-hydrogen) atoms. The van der Waals surface area contributed by atoms with Crippen molar-refractivity contribution in [2.75, 3.05) is 33.3 Å². The molecule has 1 atom stereocenters. The molecule has 1 amide bonds. The second-order valence-electron chi connectivity index (χ2n) is 7.58. The molecular formula is C23H30FN3O3. The molecule has 0 radical (unpaired) electrons. The van der Waals surface area contributed by atoms with Gasteiger partial charge in [0.15, 0.2) is 0 Å². The summed E-state index contributed by atoms with van der Waals surface area (Å²) in [6.45, 7) is 3.04. The number of para-hydroxylation sites is 1. The Bertz CT molecular complexity index is 810. The van der Waals surface area contributed by atoms with E-state index in [0.29, 0.717) is 30.4 Å². The van der Waals surface area contributed by atoms with Crippen LogP contribution in [0.1, 0.15) is 28.8 Å². The lowest BCUT2D eigenvalue weighted by molar-refractivity contribution is 0.0411. The van der Waals surface area contributed by atoms with Crippen LogP contribution in [0.2, 0.25) is 0 Å². The number of aliphatic hydroxyl groups excluding tert-OH is 1. The molecule has 7 heteroatoms. The van der Waals surface area contributed by atoms with Gasteiger partial charge in [0, 0.05) is 26.2 Å². The molecular weight excluding hydrogens is 385 g/mol. The Morgan fingerprint density at radius 1 is 1.23 bits per heavy atom. The highest BCUT2D eigenvalue weighted by Gasteiger charge is 2.24. The van der Waals surface area contributed by atoms with E-state index < -0.39 is 6.10 Å². The zero-order chi connectivity index (χ0) is 21.3. The molecule has 0 saturated carbocycles. The predicted octanol–water partition coefficient (Wildman–Crippen LogP) is 2.18. The highest BCUT2D eigenvalue weighted by molar-refractivity contribution is 5.96. The Balaban J connectivity index is 1.63. The van der Waals surface area contributed by atoms with Crippen molar-refractivity contribution in [1.29, 1.82) is 0 Å². The third-order valence-electron chi connectivity index (χ3n) is 5.36. The number of carbonyl (C=O) groups excluding carboxylic acids is 1. The first kappa shape index (κ1) is 22.2. The van der Waals surface area contributed by atoms with E-state index in [1.165, 1.54) is 12.1 Å². The molecule has 1 aliphatic heterocycles. The highest BCUT2D eigenvalue weighted by atomic mass is 19.1. The van der Waals surface area contributed by atoms with Gasteiger partial charge < -0.3 is 20.5 Å². The predicted molar refractivity (Wildman–Crippen MR) is 114 cm³/mol. The standard InChI is InChI=1S/C23H30FN3O3/c1-25-23(29)21-4-2-3-5-22(21)30-16-20(28)15-27(19-10-12-26-13-11-19)14-17-6-8-18(24)9-7-17/h2-9,19-20,26,28H,10-16H2,1H3,(H,25,29). The first-order chi connectivity index (χ1) is 14.6. The van der Waals surface area contributed by atoms with Gasteiger partial charge in [-0.1, -0.05) is 24.3 Å². The number of halogens is 1. The van der Waals surface area contributed by atoms with Crippen LogP contribution in [0.15, 0.2) is 48.5 Å². The van der Waals surface area contributed by atoms with Crippen LogP contribution in [0, 0.1) is 5.82 Å². The number of nitrogens with zero attached hydrogens (tertiary/aromatic N) is 1. The number of piperidine rings is 1. The van der Waals surface area contributed by atoms with Crippen LogP contribution in [-0.2, 0) is 6.54 Å². The van der Waals surface area contributed by atoms with Crippen molar-refractivity contribution < 1.29 is 19.0 Å². The Kier molecular flexibility index (Phi) is 8.19. The van der Waals surface area contributed by atoms with Gasteiger partial charge in [0.2, 0.25) is 0 Å². The van der Waals surface area contributed by atoms with Gasteiger partial charge in [0.25, 0.3) is 5.91 Å². The molecule has 6 nitrogen and oxygen atoms in total. The minimum Gasteiger partial charge on any atom is -0.490 e. The normalized spacial score (nSPS) is 15.7. The fourth-order valence-corrected chi connectivity index (χ4v) is 3.76. The minimum absolute atomic E-state index is 0.0822. The third-order valence-corrected chi connectivity index (χ3v) is 5.36. The lowest BCUT2D eigenvalue weighted by Gasteiger charge is -2.36. The summed E-state index contributed by atoms with van der Waals surface area (Å²) in [5.74, 6) is -0.0361. The number of hydrogen-bond donors (Lipinski definition) is 3. The minimum atomic E-state index is -0.724. The van der Waals surface area contributed by atoms with E-state index in [2.05, 4.69) is 15.5 Å². The van der Waals surface area contributed by atoms with Crippen LogP contribution in [0.3, 0.4) is 0 Å². The van der Waals surface area contributed by atoms with Crippen LogP contribution >= 0.6 is 0 Å². The molecule has 2 aromatic rings. The summed E-state index contributed by atoms with van der Waals surface area (Å²) in [6, 6.07) is 13.8. The number of aliphatic hydroxyl groups is 1. The second-order valence-corrected chi connectivity index (χ2v) is 7.58. The van der Waals surface area contributed by atoms with Gasteiger partial charge in [-0.2, -0.15) is 0 Å². The molecule has 1 unspecified atom stereocenters. The van der Waals surface area contributed by atoms with E-state index in [-0.39, 0.29) is 18.3 Å². The first-order valence-electron chi connectivity index (χ1n) is 10.4. The van der Waals surface area contributed by atoms with E-state index in [4.69, 9.17) is 4.74 Å². The number of rotatable bonds is 9. The van der Waals surface area contributed by atoms with Crippen molar-refractivity contribution in [2.24, 2.45) is 0 Å². The molecule has 0 bridgehead atoms. The van der Waals surface area contributed by atoms with E-state index in [9.17, 15) is 14.3 Å². The molecule has 3 N–H and O–H groups in total. The van der Waals surface area contributed by atoms with Crippen molar-refractivity contribution in [2.45, 2.75) is 31.5 Å². The van der Waals surface area contributed by atoms with Crippen molar-refractivity contribution in [3.05, 3.63) is 65.5 Å². The molecule has 162 valence electrons. The summed E-state index contributed by atoms with van der Waals surface area (Å²) < 4.78 is 19.0. The van der Waals surface area contributed by atoms with Crippen molar-refractivity contribution in [3.63, 3.8) is 0 Å². The summed E-state index contributed by atoms with van der Waals surface area (Å²) in [7, 11) is 1.57. The quantitative estimate of drug-likeness (QED) is 0.586. The molecule has 0 aliphatic carbocycles. The number of carbonyl (C=O) groups is 1. The highest BCUT2D eigenvalue weighted by Crippen LogP contribution is 2.20. The number of nitrogens with one attached hydrogen (secondary N) is 2. The van der Waals surface area contributed by atoms with Crippen LogP contribution in [0.5, 0.6) is 5.75 Å². The summed E-state index contributed by atoms with van der Waals surface area (Å²) in [4.78, 5) is 14.2. The van der Waals surface area contributed by atoms with E-state index in [1.54, 1.807) is 43.4 Å². The fraction of sp³-hybridized carbons (Fsp3) is 0.435. The molecule has 2 aromatic carbocycles. The summed E-state index contributed by atoms with van der Waals surface area (Å²) >= 11 is 0. The summed E-state index contributed by atoms with van der Waals surface area (Å²) in [6.07, 6.45) is 1.26. The zero-order valence-corrected chi connectivity index (χ0v) is 17.3. The van der Waals surface area contributed by atoms with Crippen LogP contribution in [-0.4, -0.2) is 61.3 Å². The maximum atomic E-state index is 13.3. The van der Waals surface area contributed by atoms with Gasteiger partial charge in [-0.3, -0.25) is 9.69 Å². The summed E-state index contributed by atoms with van der Waals surface area (Å²) in [5, 5.41) is 16.6. The average molecular weight is 416 g/mol. The number of ether oxygens (including phenoxy) is 1. The van der Waals surface area contributed by atoms with Crippen LogP contribution in [0.25, 0.3) is 0 Å².